The van der Waals surface area contributed by atoms with Crippen molar-refractivity contribution in [3.8, 4) is 0 Å². The predicted molar refractivity (Wildman–Crippen MR) is 98.3 cm³/mol. The molecule has 26 heavy (non-hydrogen) atoms. The minimum absolute atomic E-state index is 0.0238. The molecule has 0 saturated carbocycles. The number of halogens is 1. The zero-order chi connectivity index (χ0) is 18.8. The summed E-state index contributed by atoms with van der Waals surface area (Å²) in [6.07, 6.45) is 0. The highest BCUT2D eigenvalue weighted by Gasteiger charge is 2.26. The van der Waals surface area contributed by atoms with Crippen molar-refractivity contribution in [3.63, 3.8) is 0 Å². The van der Waals surface area contributed by atoms with Gasteiger partial charge in [0.1, 0.15) is 0 Å². The minimum Gasteiger partial charge on any atom is -0.379 e. The van der Waals surface area contributed by atoms with Gasteiger partial charge < -0.3 is 4.74 Å². The van der Waals surface area contributed by atoms with Crippen LogP contribution in [0.1, 0.15) is 0 Å². The van der Waals surface area contributed by atoms with Gasteiger partial charge in [-0.15, -0.1) is 0 Å². The van der Waals surface area contributed by atoms with E-state index in [1.165, 1.54) is 52.8 Å². The number of morpholine rings is 1. The monoisotopic (exact) mass is 416 g/mol. The molecule has 2 aromatic carbocycles. The summed E-state index contributed by atoms with van der Waals surface area (Å²) in [5, 5.41) is 0.419. The molecule has 140 valence electrons. The van der Waals surface area contributed by atoms with Gasteiger partial charge >= 0.3 is 0 Å². The zero-order valence-corrected chi connectivity index (χ0v) is 16.0. The lowest BCUT2D eigenvalue weighted by molar-refractivity contribution is 0.0730. The van der Waals surface area contributed by atoms with E-state index < -0.39 is 20.0 Å². The van der Waals surface area contributed by atoms with Crippen molar-refractivity contribution in [1.82, 2.24) is 4.31 Å². The SMILES string of the molecule is O=S(=O)(Nc1cccc(S(=O)(=O)N2CCOCC2)c1)c1ccc(Cl)cc1. The van der Waals surface area contributed by atoms with Crippen molar-refractivity contribution >= 4 is 37.3 Å². The Kier molecular flexibility index (Phi) is 5.54. The quantitative estimate of drug-likeness (QED) is 0.806. The predicted octanol–water partition coefficient (Wildman–Crippen LogP) is 2.16. The summed E-state index contributed by atoms with van der Waals surface area (Å²) in [5.74, 6) is 0. The number of benzene rings is 2. The number of nitrogens with one attached hydrogen (secondary N) is 1. The van der Waals surface area contributed by atoms with Crippen LogP contribution in [0.4, 0.5) is 5.69 Å². The van der Waals surface area contributed by atoms with Gasteiger partial charge in [0.05, 0.1) is 28.7 Å². The summed E-state index contributed by atoms with van der Waals surface area (Å²) in [5.41, 5.74) is 0.161. The van der Waals surface area contributed by atoms with E-state index in [4.69, 9.17) is 16.3 Å². The number of rotatable bonds is 5. The molecule has 0 aromatic heterocycles. The zero-order valence-electron chi connectivity index (χ0n) is 13.6. The second-order valence-electron chi connectivity index (χ2n) is 5.60. The van der Waals surface area contributed by atoms with Crippen LogP contribution in [0.3, 0.4) is 0 Å². The Morgan fingerprint density at radius 1 is 0.923 bits per heavy atom. The van der Waals surface area contributed by atoms with Gasteiger partial charge in [-0.05, 0) is 42.5 Å². The smallest absolute Gasteiger partial charge is 0.261 e. The normalized spacial score (nSPS) is 16.3. The lowest BCUT2D eigenvalue weighted by Gasteiger charge is -2.26. The van der Waals surface area contributed by atoms with Crippen molar-refractivity contribution in [2.45, 2.75) is 9.79 Å². The highest BCUT2D eigenvalue weighted by Crippen LogP contribution is 2.23. The van der Waals surface area contributed by atoms with Gasteiger partial charge in [0.15, 0.2) is 0 Å². The molecule has 1 N–H and O–H groups in total. The van der Waals surface area contributed by atoms with Gasteiger partial charge in [-0.1, -0.05) is 17.7 Å². The Balaban J connectivity index is 1.86. The Bertz CT molecular complexity index is 986. The Hall–Kier alpha value is -1.65. The lowest BCUT2D eigenvalue weighted by Crippen LogP contribution is -2.40. The molecule has 1 fully saturated rings. The van der Waals surface area contributed by atoms with E-state index in [2.05, 4.69) is 4.72 Å². The molecule has 1 saturated heterocycles. The summed E-state index contributed by atoms with van der Waals surface area (Å²) in [7, 11) is -7.56. The van der Waals surface area contributed by atoms with Crippen molar-refractivity contribution in [2.75, 3.05) is 31.0 Å². The fourth-order valence-electron chi connectivity index (χ4n) is 2.48. The van der Waals surface area contributed by atoms with E-state index >= 15 is 0 Å². The molecule has 0 aliphatic carbocycles. The van der Waals surface area contributed by atoms with E-state index in [9.17, 15) is 16.8 Å². The molecular formula is C16H17ClN2O5S2. The van der Waals surface area contributed by atoms with Gasteiger partial charge in [0, 0.05) is 18.1 Å². The van der Waals surface area contributed by atoms with Crippen molar-refractivity contribution in [1.29, 1.82) is 0 Å². The molecule has 7 nitrogen and oxygen atoms in total. The van der Waals surface area contributed by atoms with Gasteiger partial charge in [-0.25, -0.2) is 16.8 Å². The average Bonchev–Trinajstić information content (AvgIpc) is 2.63. The molecular weight excluding hydrogens is 400 g/mol. The number of ether oxygens (including phenoxy) is 1. The third kappa shape index (κ3) is 4.18. The highest BCUT2D eigenvalue weighted by molar-refractivity contribution is 7.92. The van der Waals surface area contributed by atoms with Crippen LogP contribution >= 0.6 is 11.6 Å². The summed E-state index contributed by atoms with van der Waals surface area (Å²) in [6.45, 7) is 1.20. The first kappa shape index (κ1) is 19.1. The molecule has 0 radical (unpaired) electrons. The topological polar surface area (TPSA) is 92.8 Å². The molecule has 0 spiro atoms. The Labute approximate surface area is 157 Å². The van der Waals surface area contributed by atoms with Crippen molar-refractivity contribution in [3.05, 3.63) is 53.6 Å². The maximum absolute atomic E-state index is 12.7. The summed E-state index contributed by atoms with van der Waals surface area (Å²) < 4.78 is 59.2. The number of nitrogens with zero attached hydrogens (tertiary/aromatic N) is 1. The first-order valence-electron chi connectivity index (χ1n) is 7.75. The molecule has 0 bridgehead atoms. The Morgan fingerprint density at radius 2 is 1.58 bits per heavy atom. The molecule has 3 rings (SSSR count). The number of hydrogen-bond acceptors (Lipinski definition) is 5. The van der Waals surface area contributed by atoms with Crippen LogP contribution < -0.4 is 4.72 Å². The van der Waals surface area contributed by atoms with Crippen LogP contribution in [0.5, 0.6) is 0 Å². The van der Waals surface area contributed by atoms with Crippen LogP contribution in [0, 0.1) is 0 Å². The number of sulfonamides is 2. The van der Waals surface area contributed by atoms with E-state index in [1.807, 2.05) is 0 Å². The standard InChI is InChI=1S/C16H17ClN2O5S2/c17-13-4-6-15(7-5-13)25(20,21)18-14-2-1-3-16(12-14)26(22,23)19-8-10-24-11-9-19/h1-7,12,18H,8-11H2. The van der Waals surface area contributed by atoms with Crippen LogP contribution in [0.2, 0.25) is 5.02 Å². The van der Waals surface area contributed by atoms with E-state index in [1.54, 1.807) is 0 Å². The molecule has 10 heteroatoms. The minimum atomic E-state index is -3.85. The third-order valence-electron chi connectivity index (χ3n) is 3.82. The fraction of sp³-hybridized carbons (Fsp3) is 0.250. The van der Waals surface area contributed by atoms with Gasteiger partial charge in [-0.2, -0.15) is 4.31 Å². The second kappa shape index (κ2) is 7.53. The summed E-state index contributed by atoms with van der Waals surface area (Å²) >= 11 is 5.77. The van der Waals surface area contributed by atoms with Crippen LogP contribution in [0.15, 0.2) is 58.3 Å². The van der Waals surface area contributed by atoms with Crippen molar-refractivity contribution < 1.29 is 21.6 Å². The molecule has 0 amide bonds. The molecule has 1 heterocycles. The van der Waals surface area contributed by atoms with Crippen LogP contribution in [0.25, 0.3) is 0 Å². The number of anilines is 1. The molecule has 1 aliphatic rings. The maximum atomic E-state index is 12.7. The maximum Gasteiger partial charge on any atom is 0.261 e. The van der Waals surface area contributed by atoms with E-state index in [0.717, 1.165) is 0 Å². The summed E-state index contributed by atoms with van der Waals surface area (Å²) in [6, 6.07) is 11.4. The largest absolute Gasteiger partial charge is 0.379 e. The third-order valence-corrected chi connectivity index (χ3v) is 7.36. The van der Waals surface area contributed by atoms with E-state index in [0.29, 0.717) is 18.2 Å². The number of hydrogen-bond donors (Lipinski definition) is 1. The van der Waals surface area contributed by atoms with Crippen LogP contribution in [-0.4, -0.2) is 47.4 Å². The van der Waals surface area contributed by atoms with Gasteiger partial charge in [0.25, 0.3) is 10.0 Å². The molecule has 2 aromatic rings. The van der Waals surface area contributed by atoms with E-state index in [-0.39, 0.29) is 28.6 Å². The highest BCUT2D eigenvalue weighted by atomic mass is 35.5. The lowest BCUT2D eigenvalue weighted by atomic mass is 10.3. The average molecular weight is 417 g/mol. The van der Waals surface area contributed by atoms with Gasteiger partial charge in [0.2, 0.25) is 10.0 Å². The van der Waals surface area contributed by atoms with Gasteiger partial charge in [-0.3, -0.25) is 4.72 Å². The van der Waals surface area contributed by atoms with Crippen LogP contribution in [-0.2, 0) is 24.8 Å². The molecule has 0 unspecified atom stereocenters. The first-order chi connectivity index (χ1) is 12.3. The Morgan fingerprint density at radius 3 is 2.23 bits per heavy atom. The first-order valence-corrected chi connectivity index (χ1v) is 11.1. The van der Waals surface area contributed by atoms with Crippen molar-refractivity contribution in [2.24, 2.45) is 0 Å². The fourth-order valence-corrected chi connectivity index (χ4v) is 5.11. The molecule has 0 atom stereocenters. The molecule has 1 aliphatic heterocycles. The second-order valence-corrected chi connectivity index (χ2v) is 9.66. The summed E-state index contributed by atoms with van der Waals surface area (Å²) in [4.78, 5) is 0.0547.